The van der Waals surface area contributed by atoms with Crippen molar-refractivity contribution in [1.29, 1.82) is 0 Å². The smallest absolute Gasteiger partial charge is 0.130 e. The molecule has 3 heteroatoms. The number of halogens is 1. The molecule has 0 bridgehead atoms. The fourth-order valence-corrected chi connectivity index (χ4v) is 2.85. The predicted molar refractivity (Wildman–Crippen MR) is 102 cm³/mol. The zero-order valence-corrected chi connectivity index (χ0v) is 14.2. The highest BCUT2D eigenvalue weighted by molar-refractivity contribution is 6.30. The van der Waals surface area contributed by atoms with E-state index in [0.29, 0.717) is 11.6 Å². The van der Waals surface area contributed by atoms with E-state index in [4.69, 9.17) is 16.3 Å². The fourth-order valence-electron chi connectivity index (χ4n) is 2.72. The van der Waals surface area contributed by atoms with Crippen molar-refractivity contribution >= 4 is 22.5 Å². The Morgan fingerprint density at radius 2 is 1.72 bits per heavy atom. The highest BCUT2D eigenvalue weighted by Crippen LogP contribution is 2.30. The lowest BCUT2D eigenvalue weighted by atomic mass is 10.0. The van der Waals surface area contributed by atoms with E-state index in [-0.39, 0.29) is 0 Å². The van der Waals surface area contributed by atoms with E-state index in [9.17, 15) is 0 Å². The topological polar surface area (TPSA) is 22.1 Å². The zero-order valence-electron chi connectivity index (χ0n) is 13.4. The van der Waals surface area contributed by atoms with Crippen LogP contribution in [0.4, 0.5) is 0 Å². The van der Waals surface area contributed by atoms with Crippen LogP contribution in [0.2, 0.25) is 5.02 Å². The summed E-state index contributed by atoms with van der Waals surface area (Å²) in [5.41, 5.74) is 3.80. The molecule has 0 unspecified atom stereocenters. The van der Waals surface area contributed by atoms with E-state index >= 15 is 0 Å². The molecule has 1 radical (unpaired) electrons. The zero-order chi connectivity index (χ0) is 17.1. The van der Waals surface area contributed by atoms with E-state index in [1.54, 1.807) is 0 Å². The Kier molecular flexibility index (Phi) is 4.36. The van der Waals surface area contributed by atoms with Crippen LogP contribution in [0.5, 0.6) is 5.75 Å². The van der Waals surface area contributed by atoms with E-state index in [1.807, 2.05) is 66.7 Å². The van der Waals surface area contributed by atoms with Crippen LogP contribution in [0.3, 0.4) is 0 Å². The minimum Gasteiger partial charge on any atom is -0.487 e. The van der Waals surface area contributed by atoms with Gasteiger partial charge in [-0.25, -0.2) is 4.98 Å². The molecule has 4 aromatic rings. The van der Waals surface area contributed by atoms with Gasteiger partial charge in [-0.1, -0.05) is 60.1 Å². The maximum Gasteiger partial charge on any atom is 0.130 e. The van der Waals surface area contributed by atoms with Gasteiger partial charge in [0.05, 0.1) is 11.2 Å². The molecule has 0 spiro atoms. The second kappa shape index (κ2) is 6.96. The lowest BCUT2D eigenvalue weighted by Gasteiger charge is -2.11. The van der Waals surface area contributed by atoms with Crippen molar-refractivity contribution in [3.8, 4) is 16.9 Å². The third-order valence-corrected chi connectivity index (χ3v) is 4.23. The molecule has 1 heterocycles. The molecule has 121 valence electrons. The Bertz CT molecular complexity index is 1010. The van der Waals surface area contributed by atoms with Crippen LogP contribution in [0.1, 0.15) is 5.69 Å². The van der Waals surface area contributed by atoms with Gasteiger partial charge in [-0.2, -0.15) is 0 Å². The van der Waals surface area contributed by atoms with Crippen molar-refractivity contribution in [2.75, 3.05) is 0 Å². The largest absolute Gasteiger partial charge is 0.487 e. The van der Waals surface area contributed by atoms with Crippen molar-refractivity contribution in [2.24, 2.45) is 0 Å². The van der Waals surface area contributed by atoms with Gasteiger partial charge < -0.3 is 4.74 Å². The summed E-state index contributed by atoms with van der Waals surface area (Å²) < 4.78 is 6.03. The summed E-state index contributed by atoms with van der Waals surface area (Å²) in [6.45, 7) is 0.406. The number of ether oxygens (including phenoxy) is 1. The summed E-state index contributed by atoms with van der Waals surface area (Å²) in [5, 5.41) is 1.84. The van der Waals surface area contributed by atoms with Gasteiger partial charge in [-0.15, -0.1) is 0 Å². The first-order valence-electron chi connectivity index (χ1n) is 8.04. The van der Waals surface area contributed by atoms with Crippen LogP contribution in [0.15, 0.2) is 78.9 Å². The summed E-state index contributed by atoms with van der Waals surface area (Å²) in [7, 11) is 0. The van der Waals surface area contributed by atoms with E-state index in [2.05, 4.69) is 23.2 Å². The van der Waals surface area contributed by atoms with Gasteiger partial charge in [0.2, 0.25) is 0 Å². The number of para-hydroxylation sites is 1. The molecule has 0 fully saturated rings. The molecular weight excluding hydrogens is 330 g/mol. The van der Waals surface area contributed by atoms with Gasteiger partial charge in [0, 0.05) is 16.0 Å². The molecule has 0 aliphatic heterocycles. The van der Waals surface area contributed by atoms with Gasteiger partial charge >= 0.3 is 0 Å². The monoisotopic (exact) mass is 344 g/mol. The van der Waals surface area contributed by atoms with E-state index in [0.717, 1.165) is 33.5 Å². The maximum atomic E-state index is 6.03. The SMILES string of the molecule is Clc1ccc(-c2[c]cccc2OCc2ccc3ccccc3n2)cc1. The van der Waals surface area contributed by atoms with Gasteiger partial charge in [-0.3, -0.25) is 0 Å². The number of aromatic nitrogens is 1. The molecule has 25 heavy (non-hydrogen) atoms. The Morgan fingerprint density at radius 1 is 0.880 bits per heavy atom. The van der Waals surface area contributed by atoms with Crippen molar-refractivity contribution in [2.45, 2.75) is 6.61 Å². The number of hydrogen-bond donors (Lipinski definition) is 0. The fraction of sp³-hybridized carbons (Fsp3) is 0.0455. The van der Waals surface area contributed by atoms with Crippen molar-refractivity contribution in [1.82, 2.24) is 4.98 Å². The lowest BCUT2D eigenvalue weighted by molar-refractivity contribution is 0.303. The molecule has 0 aliphatic carbocycles. The molecule has 0 saturated carbocycles. The van der Waals surface area contributed by atoms with Crippen LogP contribution in [0, 0.1) is 6.07 Å². The molecule has 2 nitrogen and oxygen atoms in total. The summed E-state index contributed by atoms with van der Waals surface area (Å²) in [5.74, 6) is 0.778. The minimum atomic E-state index is 0.406. The first-order chi connectivity index (χ1) is 12.3. The normalized spacial score (nSPS) is 10.8. The van der Waals surface area contributed by atoms with Crippen molar-refractivity contribution < 1.29 is 4.74 Å². The van der Waals surface area contributed by atoms with Gasteiger partial charge in [0.15, 0.2) is 0 Å². The Labute approximate surface area is 151 Å². The molecule has 0 aliphatic rings. The van der Waals surface area contributed by atoms with Gasteiger partial charge in [0.25, 0.3) is 0 Å². The summed E-state index contributed by atoms with van der Waals surface area (Å²) >= 11 is 5.98. The molecule has 0 saturated heterocycles. The number of rotatable bonds is 4. The van der Waals surface area contributed by atoms with Crippen LogP contribution in [0.25, 0.3) is 22.0 Å². The first-order valence-corrected chi connectivity index (χ1v) is 8.41. The predicted octanol–water partition coefficient (Wildman–Crippen LogP) is 5.93. The highest BCUT2D eigenvalue weighted by Gasteiger charge is 2.07. The average molecular weight is 345 g/mol. The highest BCUT2D eigenvalue weighted by atomic mass is 35.5. The number of pyridine rings is 1. The molecular formula is C22H15ClNO. The van der Waals surface area contributed by atoms with Crippen LogP contribution < -0.4 is 4.74 Å². The molecule has 1 aromatic heterocycles. The standard InChI is InChI=1S/C22H15ClNO/c23-18-12-9-16(10-13-18)20-6-2-4-8-22(20)25-15-19-14-11-17-5-1-3-7-21(17)24-19/h1-5,7-14H,15H2. The first kappa shape index (κ1) is 15.7. The second-order valence-corrected chi connectivity index (χ2v) is 6.14. The quantitative estimate of drug-likeness (QED) is 0.457. The van der Waals surface area contributed by atoms with Crippen molar-refractivity contribution in [3.63, 3.8) is 0 Å². The minimum absolute atomic E-state index is 0.406. The molecule has 4 rings (SSSR count). The molecule has 3 aromatic carbocycles. The van der Waals surface area contributed by atoms with Crippen molar-refractivity contribution in [3.05, 3.63) is 95.6 Å². The third-order valence-electron chi connectivity index (χ3n) is 3.98. The van der Waals surface area contributed by atoms with Crippen LogP contribution in [-0.2, 0) is 6.61 Å². The number of nitrogens with zero attached hydrogens (tertiary/aromatic N) is 1. The summed E-state index contributed by atoms with van der Waals surface area (Å²) in [4.78, 5) is 4.65. The average Bonchev–Trinajstić information content (AvgIpc) is 2.67. The second-order valence-electron chi connectivity index (χ2n) is 5.70. The summed E-state index contributed by atoms with van der Waals surface area (Å²) in [6.07, 6.45) is 0. The Balaban J connectivity index is 1.59. The molecule has 0 amide bonds. The number of hydrogen-bond acceptors (Lipinski definition) is 2. The van der Waals surface area contributed by atoms with Gasteiger partial charge in [0.1, 0.15) is 12.4 Å². The lowest BCUT2D eigenvalue weighted by Crippen LogP contribution is -1.99. The Morgan fingerprint density at radius 3 is 2.60 bits per heavy atom. The van der Waals surface area contributed by atoms with Crippen LogP contribution in [-0.4, -0.2) is 4.98 Å². The molecule has 0 atom stereocenters. The third kappa shape index (κ3) is 3.49. The Hall–Kier alpha value is -2.84. The van der Waals surface area contributed by atoms with Gasteiger partial charge in [-0.05, 0) is 42.0 Å². The van der Waals surface area contributed by atoms with E-state index < -0.39 is 0 Å². The maximum absolute atomic E-state index is 6.03. The van der Waals surface area contributed by atoms with E-state index in [1.165, 1.54) is 0 Å². The molecule has 0 N–H and O–H groups in total. The number of benzene rings is 3. The van der Waals surface area contributed by atoms with Crippen LogP contribution >= 0.6 is 11.6 Å². The summed E-state index contributed by atoms with van der Waals surface area (Å²) in [6, 6.07) is 28.8. The number of fused-ring (bicyclic) bond motifs is 1.